The maximum absolute atomic E-state index is 12.2. The topological polar surface area (TPSA) is 96.5 Å². The van der Waals surface area contributed by atoms with Crippen molar-refractivity contribution in [1.82, 2.24) is 10.6 Å². The van der Waals surface area contributed by atoms with Crippen LogP contribution < -0.4 is 16.0 Å². The van der Waals surface area contributed by atoms with Crippen LogP contribution in [0.15, 0.2) is 30.3 Å². The molecule has 1 atom stereocenters. The molecule has 0 aliphatic heterocycles. The highest BCUT2D eigenvalue weighted by atomic mass is 16.5. The third kappa shape index (κ3) is 4.94. The van der Waals surface area contributed by atoms with Gasteiger partial charge in [-0.05, 0) is 80.8 Å². The van der Waals surface area contributed by atoms with Crippen molar-refractivity contribution in [1.29, 1.82) is 0 Å². The maximum atomic E-state index is 12.2. The Balaban J connectivity index is 1.16. The number of ether oxygens (including phenoxy) is 1. The summed E-state index contributed by atoms with van der Waals surface area (Å²) in [7, 11) is 0. The Morgan fingerprint density at radius 1 is 1.03 bits per heavy atom. The fourth-order valence-electron chi connectivity index (χ4n) is 6.05. The van der Waals surface area contributed by atoms with Gasteiger partial charge in [-0.3, -0.25) is 4.79 Å². The van der Waals surface area contributed by atoms with E-state index >= 15 is 0 Å². The van der Waals surface area contributed by atoms with E-state index in [-0.39, 0.29) is 17.9 Å². The lowest BCUT2D eigenvalue weighted by Gasteiger charge is -2.56. The third-order valence-electron chi connectivity index (χ3n) is 6.90. The van der Waals surface area contributed by atoms with Gasteiger partial charge in [0.2, 0.25) is 0 Å². The summed E-state index contributed by atoms with van der Waals surface area (Å²) in [4.78, 5) is 36.3. The van der Waals surface area contributed by atoms with E-state index in [1.165, 1.54) is 45.4 Å². The second kappa shape index (κ2) is 8.66. The van der Waals surface area contributed by atoms with Crippen LogP contribution in [-0.2, 0) is 14.3 Å². The van der Waals surface area contributed by atoms with Crippen molar-refractivity contribution >= 4 is 23.6 Å². The highest BCUT2D eigenvalue weighted by Crippen LogP contribution is 2.59. The summed E-state index contributed by atoms with van der Waals surface area (Å²) in [5.74, 6) is 1.59. The Morgan fingerprint density at radius 3 is 2.23 bits per heavy atom. The lowest BCUT2D eigenvalue weighted by atomic mass is 9.49. The number of rotatable bonds is 7. The molecule has 0 aromatic heterocycles. The van der Waals surface area contributed by atoms with Gasteiger partial charge >= 0.3 is 12.0 Å². The number of carbonyl (C=O) groups excluding carboxylic acids is 3. The Morgan fingerprint density at radius 2 is 1.63 bits per heavy atom. The minimum atomic E-state index is -0.857. The molecule has 0 saturated heterocycles. The number of carbonyl (C=O) groups is 3. The predicted octanol–water partition coefficient (Wildman–Crippen LogP) is 3.07. The SMILES string of the molecule is C[C@H](NC(=O)Nc1ccccc1)C(=O)OCC(=O)NCC12CC3CC(CC(C3)C1)C2. The molecule has 1 aromatic rings. The van der Waals surface area contributed by atoms with Gasteiger partial charge in [-0.2, -0.15) is 0 Å². The maximum Gasteiger partial charge on any atom is 0.328 e. The van der Waals surface area contributed by atoms with E-state index in [0.29, 0.717) is 12.2 Å². The number of anilines is 1. The average Bonchev–Trinajstić information content (AvgIpc) is 2.70. The number of para-hydroxylation sites is 1. The summed E-state index contributed by atoms with van der Waals surface area (Å²) in [6.07, 6.45) is 7.76. The number of hydrogen-bond acceptors (Lipinski definition) is 4. The fourth-order valence-corrected chi connectivity index (χ4v) is 6.05. The standard InChI is InChI=1S/C23H31N3O4/c1-15(25-22(29)26-19-5-3-2-4-6-19)21(28)30-13-20(27)24-14-23-10-16-7-17(11-23)9-18(8-16)12-23/h2-6,15-18H,7-14H2,1H3,(H,24,27)(H2,25,26,29)/t15-,16?,17?,18?,23?/m0/s1. The van der Waals surface area contributed by atoms with Crippen molar-refractivity contribution in [3.05, 3.63) is 30.3 Å². The molecular formula is C23H31N3O4. The Hall–Kier alpha value is -2.57. The molecule has 4 saturated carbocycles. The quantitative estimate of drug-likeness (QED) is 0.599. The van der Waals surface area contributed by atoms with Crippen LogP contribution in [0.3, 0.4) is 0 Å². The minimum Gasteiger partial charge on any atom is -0.454 e. The number of esters is 1. The zero-order chi connectivity index (χ0) is 21.1. The molecule has 0 heterocycles. The van der Waals surface area contributed by atoms with Gasteiger partial charge in [-0.15, -0.1) is 0 Å². The monoisotopic (exact) mass is 413 g/mol. The Bertz CT molecular complexity index is 760. The highest BCUT2D eigenvalue weighted by molar-refractivity contribution is 5.92. The summed E-state index contributed by atoms with van der Waals surface area (Å²) >= 11 is 0. The highest BCUT2D eigenvalue weighted by Gasteiger charge is 2.50. The Kier molecular flexibility index (Phi) is 5.97. The van der Waals surface area contributed by atoms with E-state index in [4.69, 9.17) is 4.74 Å². The van der Waals surface area contributed by atoms with E-state index < -0.39 is 18.0 Å². The van der Waals surface area contributed by atoms with Crippen LogP contribution in [0, 0.1) is 23.2 Å². The summed E-state index contributed by atoms with van der Waals surface area (Å²) in [5, 5.41) is 8.15. The van der Waals surface area contributed by atoms with Crippen LogP contribution in [0.5, 0.6) is 0 Å². The summed E-state index contributed by atoms with van der Waals surface area (Å²) < 4.78 is 5.09. The molecule has 4 bridgehead atoms. The number of amides is 3. The largest absolute Gasteiger partial charge is 0.454 e. The molecular weight excluding hydrogens is 382 g/mol. The van der Waals surface area contributed by atoms with E-state index in [1.54, 1.807) is 24.3 Å². The molecule has 0 radical (unpaired) electrons. The molecule has 162 valence electrons. The number of benzene rings is 1. The van der Waals surface area contributed by atoms with E-state index in [0.717, 1.165) is 17.8 Å². The molecule has 0 spiro atoms. The van der Waals surface area contributed by atoms with Crippen LogP contribution in [-0.4, -0.2) is 37.1 Å². The average molecular weight is 414 g/mol. The molecule has 3 amide bonds. The van der Waals surface area contributed by atoms with Gasteiger partial charge < -0.3 is 20.7 Å². The molecule has 7 heteroatoms. The molecule has 30 heavy (non-hydrogen) atoms. The van der Waals surface area contributed by atoms with Gasteiger partial charge in [0.05, 0.1) is 0 Å². The molecule has 4 aliphatic carbocycles. The van der Waals surface area contributed by atoms with Crippen LogP contribution in [0.4, 0.5) is 10.5 Å². The van der Waals surface area contributed by atoms with Gasteiger partial charge in [0.25, 0.3) is 5.91 Å². The van der Waals surface area contributed by atoms with Crippen molar-refractivity contribution in [2.24, 2.45) is 23.2 Å². The predicted molar refractivity (Wildman–Crippen MR) is 113 cm³/mol. The summed E-state index contributed by atoms with van der Waals surface area (Å²) in [5.41, 5.74) is 0.873. The van der Waals surface area contributed by atoms with Crippen molar-refractivity contribution < 1.29 is 19.1 Å². The van der Waals surface area contributed by atoms with E-state index in [1.807, 2.05) is 6.07 Å². The first kappa shape index (κ1) is 20.7. The number of nitrogens with one attached hydrogen (secondary N) is 3. The van der Waals surface area contributed by atoms with Crippen molar-refractivity contribution in [3.8, 4) is 0 Å². The van der Waals surface area contributed by atoms with E-state index in [9.17, 15) is 14.4 Å². The van der Waals surface area contributed by atoms with Crippen molar-refractivity contribution in [2.45, 2.75) is 51.5 Å². The van der Waals surface area contributed by atoms with Crippen LogP contribution in [0.2, 0.25) is 0 Å². The van der Waals surface area contributed by atoms with E-state index in [2.05, 4.69) is 16.0 Å². The summed E-state index contributed by atoms with van der Waals surface area (Å²) in [6.45, 7) is 1.89. The Labute approximate surface area is 177 Å². The molecule has 7 nitrogen and oxygen atoms in total. The third-order valence-corrected chi connectivity index (χ3v) is 6.90. The number of urea groups is 1. The smallest absolute Gasteiger partial charge is 0.328 e. The first-order chi connectivity index (χ1) is 14.4. The van der Waals surface area contributed by atoms with Crippen LogP contribution in [0.25, 0.3) is 0 Å². The van der Waals surface area contributed by atoms with Gasteiger partial charge in [0.15, 0.2) is 6.61 Å². The fraction of sp³-hybridized carbons (Fsp3) is 0.609. The molecule has 4 fully saturated rings. The van der Waals surface area contributed by atoms with Gasteiger partial charge in [0.1, 0.15) is 6.04 Å². The second-order valence-corrected chi connectivity index (χ2v) is 9.49. The van der Waals surface area contributed by atoms with Gasteiger partial charge in [-0.25, -0.2) is 9.59 Å². The molecule has 4 aliphatic rings. The summed E-state index contributed by atoms with van der Waals surface area (Å²) in [6, 6.07) is 7.58. The first-order valence-electron chi connectivity index (χ1n) is 11.0. The lowest BCUT2D eigenvalue weighted by molar-refractivity contribution is -0.150. The van der Waals surface area contributed by atoms with Gasteiger partial charge in [-0.1, -0.05) is 18.2 Å². The molecule has 5 rings (SSSR count). The van der Waals surface area contributed by atoms with Crippen LogP contribution in [0.1, 0.15) is 45.4 Å². The number of hydrogen-bond donors (Lipinski definition) is 3. The zero-order valence-electron chi connectivity index (χ0n) is 17.5. The lowest BCUT2D eigenvalue weighted by Crippen LogP contribution is -2.51. The second-order valence-electron chi connectivity index (χ2n) is 9.49. The van der Waals surface area contributed by atoms with Crippen molar-refractivity contribution in [3.63, 3.8) is 0 Å². The minimum absolute atomic E-state index is 0.249. The van der Waals surface area contributed by atoms with Crippen molar-refractivity contribution in [2.75, 3.05) is 18.5 Å². The first-order valence-corrected chi connectivity index (χ1v) is 11.0. The molecule has 0 unspecified atom stereocenters. The normalized spacial score (nSPS) is 29.7. The zero-order valence-corrected chi connectivity index (χ0v) is 17.5. The van der Waals surface area contributed by atoms with Gasteiger partial charge in [0, 0.05) is 12.2 Å². The molecule has 3 N–H and O–H groups in total. The molecule has 1 aromatic carbocycles. The van der Waals surface area contributed by atoms with Crippen LogP contribution >= 0.6 is 0 Å².